The lowest BCUT2D eigenvalue weighted by Gasteiger charge is -2.18. The lowest BCUT2D eigenvalue weighted by molar-refractivity contribution is 0.185. The van der Waals surface area contributed by atoms with Crippen LogP contribution >= 0.6 is 0 Å². The molecule has 1 unspecified atom stereocenters. The van der Waals surface area contributed by atoms with Crippen molar-refractivity contribution in [2.24, 2.45) is 5.73 Å². The van der Waals surface area contributed by atoms with Gasteiger partial charge >= 0.3 is 0 Å². The van der Waals surface area contributed by atoms with E-state index in [0.717, 1.165) is 22.4 Å². The van der Waals surface area contributed by atoms with E-state index < -0.39 is 6.04 Å². The molecule has 1 atom stereocenters. The highest BCUT2D eigenvalue weighted by atomic mass is 16.5. The summed E-state index contributed by atoms with van der Waals surface area (Å²) < 4.78 is 6.81. The fourth-order valence-corrected chi connectivity index (χ4v) is 2.65. The van der Waals surface area contributed by atoms with Crippen molar-refractivity contribution in [3.05, 3.63) is 68.6 Å². The summed E-state index contributed by atoms with van der Waals surface area (Å²) in [7, 11) is 1.63. The van der Waals surface area contributed by atoms with Gasteiger partial charge in [0.15, 0.2) is 0 Å². The zero-order chi connectivity index (χ0) is 16.3. The zero-order valence-corrected chi connectivity index (χ0v) is 13.7. The molecule has 0 fully saturated rings. The van der Waals surface area contributed by atoms with Crippen molar-refractivity contribution in [2.45, 2.75) is 33.4 Å². The summed E-state index contributed by atoms with van der Waals surface area (Å²) in [5.41, 5.74) is 11.1. The van der Waals surface area contributed by atoms with Crippen LogP contribution in [0.1, 0.15) is 34.0 Å². The molecule has 118 valence electrons. The van der Waals surface area contributed by atoms with Crippen LogP contribution in [0.25, 0.3) is 0 Å². The Morgan fingerprint density at radius 3 is 2.55 bits per heavy atom. The molecule has 0 bridgehead atoms. The van der Waals surface area contributed by atoms with Gasteiger partial charge in [-0.2, -0.15) is 0 Å². The Kier molecular flexibility index (Phi) is 5.16. The molecule has 1 heterocycles. The Labute approximate surface area is 131 Å². The van der Waals surface area contributed by atoms with Gasteiger partial charge < -0.3 is 15.0 Å². The van der Waals surface area contributed by atoms with Crippen molar-refractivity contribution in [3.63, 3.8) is 0 Å². The standard InChI is InChI=1S/C18H24N2O2/c1-12-5-6-13(2)16(11-12)17(19)15-8-7-14(3)20(18(15)21)9-10-22-4/h5-8,11,17H,9-10,19H2,1-4H3. The maximum atomic E-state index is 12.7. The quantitative estimate of drug-likeness (QED) is 0.923. The molecule has 0 saturated heterocycles. The van der Waals surface area contributed by atoms with Gasteiger partial charge in [0.2, 0.25) is 0 Å². The largest absolute Gasteiger partial charge is 0.383 e. The lowest BCUT2D eigenvalue weighted by atomic mass is 9.95. The van der Waals surface area contributed by atoms with Gasteiger partial charge in [-0.15, -0.1) is 0 Å². The number of nitrogens with two attached hydrogens (primary N) is 1. The van der Waals surface area contributed by atoms with Gasteiger partial charge in [0.05, 0.1) is 12.6 Å². The maximum Gasteiger partial charge on any atom is 0.255 e. The van der Waals surface area contributed by atoms with E-state index >= 15 is 0 Å². The van der Waals surface area contributed by atoms with Crippen molar-refractivity contribution < 1.29 is 4.74 Å². The predicted octanol–water partition coefficient (Wildman–Crippen LogP) is 2.47. The lowest BCUT2D eigenvalue weighted by Crippen LogP contribution is -2.31. The second-order valence-electron chi connectivity index (χ2n) is 5.72. The highest BCUT2D eigenvalue weighted by Crippen LogP contribution is 2.22. The Balaban J connectivity index is 2.48. The van der Waals surface area contributed by atoms with Crippen molar-refractivity contribution in [2.75, 3.05) is 13.7 Å². The predicted molar refractivity (Wildman–Crippen MR) is 89.3 cm³/mol. The van der Waals surface area contributed by atoms with E-state index in [9.17, 15) is 4.79 Å². The third-order valence-corrected chi connectivity index (χ3v) is 4.05. The summed E-state index contributed by atoms with van der Waals surface area (Å²) in [5, 5.41) is 0. The van der Waals surface area contributed by atoms with Crippen molar-refractivity contribution in [1.29, 1.82) is 0 Å². The molecule has 0 aliphatic carbocycles. The molecule has 22 heavy (non-hydrogen) atoms. The average Bonchev–Trinajstić information content (AvgIpc) is 2.49. The second kappa shape index (κ2) is 6.90. The van der Waals surface area contributed by atoms with Crippen molar-refractivity contribution in [1.82, 2.24) is 4.57 Å². The number of nitrogens with zero attached hydrogens (tertiary/aromatic N) is 1. The van der Waals surface area contributed by atoms with Crippen molar-refractivity contribution in [3.8, 4) is 0 Å². The summed E-state index contributed by atoms with van der Waals surface area (Å²) >= 11 is 0. The minimum Gasteiger partial charge on any atom is -0.383 e. The molecule has 4 nitrogen and oxygen atoms in total. The third kappa shape index (κ3) is 3.29. The van der Waals surface area contributed by atoms with E-state index in [2.05, 4.69) is 12.1 Å². The van der Waals surface area contributed by atoms with Crippen LogP contribution in [0.5, 0.6) is 0 Å². The molecule has 0 aliphatic heterocycles. The smallest absolute Gasteiger partial charge is 0.255 e. The molecule has 2 aromatic rings. The SMILES string of the molecule is COCCn1c(C)ccc(C(N)c2cc(C)ccc2C)c1=O. The fraction of sp³-hybridized carbons (Fsp3) is 0.389. The van der Waals surface area contributed by atoms with Gasteiger partial charge in [-0.25, -0.2) is 0 Å². The molecule has 0 amide bonds. The number of aromatic nitrogens is 1. The molecule has 2 rings (SSSR count). The first-order valence-corrected chi connectivity index (χ1v) is 7.47. The molecular weight excluding hydrogens is 276 g/mol. The first-order valence-electron chi connectivity index (χ1n) is 7.47. The zero-order valence-electron chi connectivity index (χ0n) is 13.7. The number of hydrogen-bond donors (Lipinski definition) is 1. The molecule has 0 radical (unpaired) electrons. The first-order chi connectivity index (χ1) is 10.5. The topological polar surface area (TPSA) is 57.2 Å². The number of aryl methyl sites for hydroxylation is 3. The molecule has 2 N–H and O–H groups in total. The Hall–Kier alpha value is -1.91. The van der Waals surface area contributed by atoms with E-state index in [-0.39, 0.29) is 5.56 Å². The van der Waals surface area contributed by atoms with E-state index in [4.69, 9.17) is 10.5 Å². The Bertz CT molecular complexity index is 720. The van der Waals surface area contributed by atoms with E-state index in [1.165, 1.54) is 0 Å². The third-order valence-electron chi connectivity index (χ3n) is 4.05. The van der Waals surface area contributed by atoms with Crippen LogP contribution in [-0.4, -0.2) is 18.3 Å². The normalized spacial score (nSPS) is 12.4. The van der Waals surface area contributed by atoms with Gasteiger partial charge in [0, 0.05) is 24.9 Å². The number of rotatable bonds is 5. The summed E-state index contributed by atoms with van der Waals surface area (Å²) in [6.45, 7) is 7.01. The number of methoxy groups -OCH3 is 1. The number of pyridine rings is 1. The second-order valence-corrected chi connectivity index (χ2v) is 5.72. The van der Waals surface area contributed by atoms with Gasteiger partial charge in [0.25, 0.3) is 5.56 Å². The Morgan fingerprint density at radius 2 is 1.86 bits per heavy atom. The van der Waals surface area contributed by atoms with Gasteiger partial charge in [-0.3, -0.25) is 4.79 Å². The number of ether oxygens (including phenoxy) is 1. The fourth-order valence-electron chi connectivity index (χ4n) is 2.65. The minimum atomic E-state index is -0.415. The minimum absolute atomic E-state index is 0.0366. The van der Waals surface area contributed by atoms with Crippen LogP contribution in [0.15, 0.2) is 35.1 Å². The number of hydrogen-bond acceptors (Lipinski definition) is 3. The molecule has 1 aromatic carbocycles. The van der Waals surface area contributed by atoms with Crippen LogP contribution in [0, 0.1) is 20.8 Å². The highest BCUT2D eigenvalue weighted by Gasteiger charge is 2.17. The van der Waals surface area contributed by atoms with Gasteiger partial charge in [-0.05, 0) is 44.0 Å². The van der Waals surface area contributed by atoms with Crippen LogP contribution < -0.4 is 11.3 Å². The summed E-state index contributed by atoms with van der Waals surface area (Å²) in [5.74, 6) is 0. The summed E-state index contributed by atoms with van der Waals surface area (Å²) in [4.78, 5) is 12.7. The van der Waals surface area contributed by atoms with Crippen LogP contribution in [0.2, 0.25) is 0 Å². The Morgan fingerprint density at radius 1 is 1.14 bits per heavy atom. The van der Waals surface area contributed by atoms with E-state index in [1.54, 1.807) is 11.7 Å². The average molecular weight is 300 g/mol. The summed E-state index contributed by atoms with van der Waals surface area (Å²) in [6, 6.07) is 9.52. The van der Waals surface area contributed by atoms with Crippen LogP contribution in [-0.2, 0) is 11.3 Å². The highest BCUT2D eigenvalue weighted by molar-refractivity contribution is 5.38. The molecule has 1 aromatic heterocycles. The van der Waals surface area contributed by atoms with E-state index in [1.807, 2.05) is 39.0 Å². The molecule has 4 heteroatoms. The summed E-state index contributed by atoms with van der Waals surface area (Å²) in [6.07, 6.45) is 0. The monoisotopic (exact) mass is 300 g/mol. The van der Waals surface area contributed by atoms with Crippen LogP contribution in [0.4, 0.5) is 0 Å². The molecule has 0 saturated carbocycles. The maximum absolute atomic E-state index is 12.7. The van der Waals surface area contributed by atoms with Crippen molar-refractivity contribution >= 4 is 0 Å². The molecule has 0 spiro atoms. The first kappa shape index (κ1) is 16.5. The van der Waals surface area contributed by atoms with Gasteiger partial charge in [-0.1, -0.05) is 23.8 Å². The van der Waals surface area contributed by atoms with E-state index in [0.29, 0.717) is 18.7 Å². The number of benzene rings is 1. The van der Waals surface area contributed by atoms with Crippen LogP contribution in [0.3, 0.4) is 0 Å². The molecular formula is C18H24N2O2. The van der Waals surface area contributed by atoms with Gasteiger partial charge in [0.1, 0.15) is 0 Å². The molecule has 0 aliphatic rings.